The van der Waals surface area contributed by atoms with Gasteiger partial charge in [-0.25, -0.2) is 0 Å². The molecule has 6 nitrogen and oxygen atoms in total. The minimum atomic E-state index is -0.410. The van der Waals surface area contributed by atoms with Gasteiger partial charge in [0, 0.05) is 11.9 Å². The summed E-state index contributed by atoms with van der Waals surface area (Å²) in [6, 6.07) is 8.09. The molecule has 0 aliphatic rings. The summed E-state index contributed by atoms with van der Waals surface area (Å²) in [4.78, 5) is 26.4. The van der Waals surface area contributed by atoms with Gasteiger partial charge in [0.15, 0.2) is 0 Å². The summed E-state index contributed by atoms with van der Waals surface area (Å²) in [5.74, 6) is -0.863. The number of primary amides is 1. The zero-order valence-corrected chi connectivity index (χ0v) is 10.5. The van der Waals surface area contributed by atoms with Crippen LogP contribution in [-0.2, 0) is 11.2 Å². The number of pyridine rings is 1. The maximum atomic E-state index is 11.9. The Balaban J connectivity index is 2.06. The van der Waals surface area contributed by atoms with Crippen molar-refractivity contribution in [2.24, 2.45) is 5.73 Å². The molecule has 0 saturated heterocycles. The number of aromatic hydroxyl groups is 1. The van der Waals surface area contributed by atoms with Gasteiger partial charge in [0.05, 0.1) is 18.2 Å². The first-order valence-electron chi connectivity index (χ1n) is 5.87. The number of hydrogen-bond donors (Lipinski definition) is 3. The van der Waals surface area contributed by atoms with E-state index in [1.165, 1.54) is 18.5 Å². The standard InChI is InChI=1S/C14H13N3O3/c15-13(19)5-9-1-3-11(4-2-9)17-14(20)10-6-12(18)8-16-7-10/h1-4,6-8,18H,5H2,(H2,15,19)(H,17,20). The van der Waals surface area contributed by atoms with E-state index in [4.69, 9.17) is 5.73 Å². The lowest BCUT2D eigenvalue weighted by molar-refractivity contribution is -0.117. The minimum Gasteiger partial charge on any atom is -0.506 e. The second kappa shape index (κ2) is 5.83. The summed E-state index contributed by atoms with van der Waals surface area (Å²) in [5.41, 5.74) is 6.70. The van der Waals surface area contributed by atoms with Crippen LogP contribution in [0.4, 0.5) is 5.69 Å². The molecular formula is C14H13N3O3. The summed E-state index contributed by atoms with van der Waals surface area (Å²) in [6.45, 7) is 0. The van der Waals surface area contributed by atoms with Gasteiger partial charge in [-0.15, -0.1) is 0 Å². The molecule has 0 unspecified atom stereocenters. The van der Waals surface area contributed by atoms with Crippen LogP contribution in [0.2, 0.25) is 0 Å². The molecule has 1 aromatic heterocycles. The van der Waals surface area contributed by atoms with Crippen LogP contribution < -0.4 is 11.1 Å². The first-order valence-corrected chi connectivity index (χ1v) is 5.87. The summed E-state index contributed by atoms with van der Waals surface area (Å²) < 4.78 is 0. The molecule has 0 radical (unpaired) electrons. The van der Waals surface area contributed by atoms with Crippen molar-refractivity contribution in [2.45, 2.75) is 6.42 Å². The van der Waals surface area contributed by atoms with Crippen molar-refractivity contribution in [1.29, 1.82) is 0 Å². The van der Waals surface area contributed by atoms with Gasteiger partial charge >= 0.3 is 0 Å². The Bertz CT molecular complexity index is 638. The molecule has 1 aromatic carbocycles. The molecule has 0 saturated carbocycles. The highest BCUT2D eigenvalue weighted by atomic mass is 16.3. The minimum absolute atomic E-state index is 0.0746. The molecule has 2 aromatic rings. The summed E-state index contributed by atoms with van der Waals surface area (Å²) in [5, 5.41) is 11.9. The number of nitrogens with one attached hydrogen (secondary N) is 1. The average molecular weight is 271 g/mol. The number of aromatic nitrogens is 1. The van der Waals surface area contributed by atoms with E-state index in [9.17, 15) is 14.7 Å². The molecule has 102 valence electrons. The smallest absolute Gasteiger partial charge is 0.257 e. The summed E-state index contributed by atoms with van der Waals surface area (Å²) in [6.07, 6.45) is 2.76. The molecule has 0 spiro atoms. The van der Waals surface area contributed by atoms with Crippen LogP contribution in [0.15, 0.2) is 42.7 Å². The predicted molar refractivity (Wildman–Crippen MR) is 73.2 cm³/mol. The van der Waals surface area contributed by atoms with Gasteiger partial charge in [0.1, 0.15) is 5.75 Å². The van der Waals surface area contributed by atoms with Crippen LogP contribution in [0.3, 0.4) is 0 Å². The van der Waals surface area contributed by atoms with E-state index >= 15 is 0 Å². The first-order chi connectivity index (χ1) is 9.54. The van der Waals surface area contributed by atoms with Crippen LogP contribution in [0, 0.1) is 0 Å². The van der Waals surface area contributed by atoms with Crippen LogP contribution in [-0.4, -0.2) is 21.9 Å². The fourth-order valence-electron chi connectivity index (χ4n) is 1.66. The molecule has 2 rings (SSSR count). The highest BCUT2D eigenvalue weighted by molar-refractivity contribution is 6.04. The lowest BCUT2D eigenvalue weighted by Gasteiger charge is -2.06. The van der Waals surface area contributed by atoms with E-state index in [2.05, 4.69) is 10.3 Å². The van der Waals surface area contributed by atoms with Crippen molar-refractivity contribution in [1.82, 2.24) is 4.98 Å². The molecule has 4 N–H and O–H groups in total. The van der Waals surface area contributed by atoms with E-state index in [0.29, 0.717) is 5.69 Å². The Kier molecular flexibility index (Phi) is 3.95. The van der Waals surface area contributed by atoms with Gasteiger partial charge < -0.3 is 16.2 Å². The van der Waals surface area contributed by atoms with Crippen molar-refractivity contribution in [2.75, 3.05) is 5.32 Å². The normalized spacial score (nSPS) is 10.0. The molecular weight excluding hydrogens is 258 g/mol. The van der Waals surface area contributed by atoms with E-state index in [1.54, 1.807) is 24.3 Å². The Hall–Kier alpha value is -2.89. The topological polar surface area (TPSA) is 105 Å². The molecule has 0 atom stereocenters. The zero-order chi connectivity index (χ0) is 14.5. The summed E-state index contributed by atoms with van der Waals surface area (Å²) in [7, 11) is 0. The fraction of sp³-hybridized carbons (Fsp3) is 0.0714. The molecule has 1 heterocycles. The molecule has 0 aliphatic heterocycles. The van der Waals surface area contributed by atoms with E-state index in [0.717, 1.165) is 5.56 Å². The zero-order valence-electron chi connectivity index (χ0n) is 10.5. The number of rotatable bonds is 4. The second-order valence-electron chi connectivity index (χ2n) is 4.23. The van der Waals surface area contributed by atoms with Crippen molar-refractivity contribution in [3.63, 3.8) is 0 Å². The maximum Gasteiger partial charge on any atom is 0.257 e. The Morgan fingerprint density at radius 2 is 1.90 bits per heavy atom. The third-order valence-corrected chi connectivity index (χ3v) is 2.58. The van der Waals surface area contributed by atoms with Crippen LogP contribution in [0.5, 0.6) is 5.75 Å². The van der Waals surface area contributed by atoms with Gasteiger partial charge in [-0.1, -0.05) is 12.1 Å². The van der Waals surface area contributed by atoms with E-state index in [1.807, 2.05) is 0 Å². The number of nitrogens with zero attached hydrogens (tertiary/aromatic N) is 1. The lowest BCUT2D eigenvalue weighted by Crippen LogP contribution is -2.14. The van der Waals surface area contributed by atoms with Crippen molar-refractivity contribution < 1.29 is 14.7 Å². The first kappa shape index (κ1) is 13.5. The molecule has 2 amide bonds. The maximum absolute atomic E-state index is 11.9. The largest absolute Gasteiger partial charge is 0.506 e. The number of amides is 2. The SMILES string of the molecule is NC(=O)Cc1ccc(NC(=O)c2cncc(O)c2)cc1. The lowest BCUT2D eigenvalue weighted by atomic mass is 10.1. The van der Waals surface area contributed by atoms with E-state index < -0.39 is 5.91 Å². The van der Waals surface area contributed by atoms with Crippen molar-refractivity contribution >= 4 is 17.5 Å². The Morgan fingerprint density at radius 3 is 2.50 bits per heavy atom. The van der Waals surface area contributed by atoms with E-state index in [-0.39, 0.29) is 23.6 Å². The van der Waals surface area contributed by atoms with Crippen molar-refractivity contribution in [3.05, 3.63) is 53.9 Å². The summed E-state index contributed by atoms with van der Waals surface area (Å²) >= 11 is 0. The fourth-order valence-corrected chi connectivity index (χ4v) is 1.66. The average Bonchev–Trinajstić information content (AvgIpc) is 2.40. The quantitative estimate of drug-likeness (QED) is 0.773. The number of carbonyl (C=O) groups is 2. The Morgan fingerprint density at radius 1 is 1.20 bits per heavy atom. The molecule has 0 aliphatic carbocycles. The highest BCUT2D eigenvalue weighted by Crippen LogP contribution is 2.13. The highest BCUT2D eigenvalue weighted by Gasteiger charge is 2.07. The van der Waals surface area contributed by atoms with Crippen LogP contribution in [0.1, 0.15) is 15.9 Å². The van der Waals surface area contributed by atoms with Gasteiger partial charge in [-0.3, -0.25) is 14.6 Å². The number of hydrogen-bond acceptors (Lipinski definition) is 4. The van der Waals surface area contributed by atoms with Crippen LogP contribution in [0.25, 0.3) is 0 Å². The van der Waals surface area contributed by atoms with Crippen LogP contribution >= 0.6 is 0 Å². The third-order valence-electron chi connectivity index (χ3n) is 2.58. The molecule has 6 heteroatoms. The monoisotopic (exact) mass is 271 g/mol. The van der Waals surface area contributed by atoms with Gasteiger partial charge in [0.2, 0.25) is 5.91 Å². The molecule has 20 heavy (non-hydrogen) atoms. The third kappa shape index (κ3) is 3.55. The molecule has 0 bridgehead atoms. The second-order valence-corrected chi connectivity index (χ2v) is 4.23. The predicted octanol–water partition coefficient (Wildman–Crippen LogP) is 1.07. The Labute approximate surface area is 115 Å². The van der Waals surface area contributed by atoms with Crippen molar-refractivity contribution in [3.8, 4) is 5.75 Å². The number of carbonyl (C=O) groups excluding carboxylic acids is 2. The number of nitrogens with two attached hydrogens (primary N) is 1. The molecule has 0 fully saturated rings. The number of anilines is 1. The van der Waals surface area contributed by atoms with Gasteiger partial charge in [0.25, 0.3) is 5.91 Å². The van der Waals surface area contributed by atoms with Gasteiger partial charge in [-0.2, -0.15) is 0 Å². The number of benzene rings is 1. The van der Waals surface area contributed by atoms with Gasteiger partial charge in [-0.05, 0) is 23.8 Å².